The molecule has 5 nitrogen and oxygen atoms in total. The highest BCUT2D eigenvalue weighted by Gasteiger charge is 2.16. The number of amides is 1. The van der Waals surface area contributed by atoms with E-state index in [0.29, 0.717) is 25.3 Å². The minimum atomic E-state index is -0.304. The van der Waals surface area contributed by atoms with Gasteiger partial charge in [0.2, 0.25) is 5.91 Å². The number of benzene rings is 1. The highest BCUT2D eigenvalue weighted by Crippen LogP contribution is 2.08. The summed E-state index contributed by atoms with van der Waals surface area (Å²) in [5, 5.41) is 0. The van der Waals surface area contributed by atoms with Crippen LogP contribution in [0, 0.1) is 0 Å². The van der Waals surface area contributed by atoms with Crippen LogP contribution in [0.4, 0.5) is 0 Å². The van der Waals surface area contributed by atoms with Crippen LogP contribution >= 0.6 is 0 Å². The van der Waals surface area contributed by atoms with Gasteiger partial charge in [0.25, 0.3) is 0 Å². The summed E-state index contributed by atoms with van der Waals surface area (Å²) in [6, 6.07) is 8.95. The van der Waals surface area contributed by atoms with Crippen LogP contribution in [0.5, 0.6) is 0 Å². The Morgan fingerprint density at radius 3 is 2.26 bits per heavy atom. The number of nitrogens with zero attached hydrogens (tertiary/aromatic N) is 1. The number of Topliss-reactive ketones (excluding diaryl/α,β-unsaturated/α-hetero) is 1. The van der Waals surface area contributed by atoms with Gasteiger partial charge in [-0.1, -0.05) is 37.3 Å². The third-order valence-electron chi connectivity index (χ3n) is 3.40. The first-order valence-electron chi connectivity index (χ1n) is 8.10. The van der Waals surface area contributed by atoms with Gasteiger partial charge in [-0.2, -0.15) is 0 Å². The van der Waals surface area contributed by atoms with E-state index in [9.17, 15) is 14.4 Å². The second kappa shape index (κ2) is 10.5. The molecular formula is C18H25NO4. The molecule has 0 aliphatic rings. The first-order valence-corrected chi connectivity index (χ1v) is 8.10. The maximum absolute atomic E-state index is 12.3. The molecule has 1 amide bonds. The van der Waals surface area contributed by atoms with Crippen molar-refractivity contribution >= 4 is 17.7 Å². The number of rotatable bonds is 10. The van der Waals surface area contributed by atoms with Crippen LogP contribution in [0.2, 0.25) is 0 Å². The molecule has 0 aliphatic heterocycles. The molecule has 0 aliphatic carbocycles. The summed E-state index contributed by atoms with van der Waals surface area (Å²) in [5.41, 5.74) is 0.619. The molecule has 126 valence electrons. The van der Waals surface area contributed by atoms with Crippen LogP contribution < -0.4 is 0 Å². The Morgan fingerprint density at radius 2 is 1.65 bits per heavy atom. The minimum Gasteiger partial charge on any atom is -0.466 e. The number of hydrogen-bond acceptors (Lipinski definition) is 4. The van der Waals surface area contributed by atoms with Crippen molar-refractivity contribution in [2.75, 3.05) is 19.7 Å². The molecule has 5 heteroatoms. The van der Waals surface area contributed by atoms with Crippen molar-refractivity contribution in [2.45, 2.75) is 39.5 Å². The van der Waals surface area contributed by atoms with E-state index < -0.39 is 0 Å². The van der Waals surface area contributed by atoms with E-state index >= 15 is 0 Å². The fourth-order valence-corrected chi connectivity index (χ4v) is 2.24. The molecule has 0 fully saturated rings. The molecule has 0 saturated heterocycles. The second-order valence-electron chi connectivity index (χ2n) is 5.23. The third kappa shape index (κ3) is 7.08. The zero-order valence-electron chi connectivity index (χ0n) is 13.9. The summed E-state index contributed by atoms with van der Waals surface area (Å²) in [7, 11) is 0. The Balaban J connectivity index is 2.47. The minimum absolute atomic E-state index is 0.0409. The summed E-state index contributed by atoms with van der Waals surface area (Å²) < 4.78 is 4.88. The van der Waals surface area contributed by atoms with Crippen molar-refractivity contribution in [3.63, 3.8) is 0 Å². The topological polar surface area (TPSA) is 63.7 Å². The summed E-state index contributed by atoms with van der Waals surface area (Å²) in [6.07, 6.45) is 1.34. The molecule has 0 spiro atoms. The highest BCUT2D eigenvalue weighted by molar-refractivity contribution is 5.97. The smallest absolute Gasteiger partial charge is 0.307 e. The monoisotopic (exact) mass is 319 g/mol. The molecule has 0 heterocycles. The van der Waals surface area contributed by atoms with Gasteiger partial charge in [-0.05, 0) is 13.3 Å². The van der Waals surface area contributed by atoms with Crippen molar-refractivity contribution in [3.8, 4) is 0 Å². The Hall–Kier alpha value is -2.17. The third-order valence-corrected chi connectivity index (χ3v) is 3.40. The van der Waals surface area contributed by atoms with E-state index in [0.717, 1.165) is 6.42 Å². The molecule has 0 N–H and O–H groups in total. The summed E-state index contributed by atoms with van der Waals surface area (Å²) in [4.78, 5) is 37.3. The molecule has 1 aromatic rings. The van der Waals surface area contributed by atoms with Crippen LogP contribution in [0.15, 0.2) is 30.3 Å². The lowest BCUT2D eigenvalue weighted by Gasteiger charge is -2.21. The molecule has 1 aromatic carbocycles. The predicted octanol–water partition coefficient (Wildman–Crippen LogP) is 2.84. The van der Waals surface area contributed by atoms with E-state index in [-0.39, 0.29) is 36.9 Å². The van der Waals surface area contributed by atoms with Crippen molar-refractivity contribution in [1.29, 1.82) is 0 Å². The number of carbonyl (C=O) groups excluding carboxylic acids is 3. The van der Waals surface area contributed by atoms with Crippen molar-refractivity contribution in [2.24, 2.45) is 0 Å². The predicted molar refractivity (Wildman–Crippen MR) is 88.1 cm³/mol. The fourth-order valence-electron chi connectivity index (χ4n) is 2.24. The van der Waals surface area contributed by atoms with E-state index in [1.54, 1.807) is 36.1 Å². The van der Waals surface area contributed by atoms with Gasteiger partial charge in [0.15, 0.2) is 5.78 Å². The maximum atomic E-state index is 12.3. The van der Waals surface area contributed by atoms with Gasteiger partial charge >= 0.3 is 5.97 Å². The Bertz CT molecular complexity index is 513. The van der Waals surface area contributed by atoms with Gasteiger partial charge in [-0.25, -0.2) is 0 Å². The average molecular weight is 319 g/mol. The zero-order valence-corrected chi connectivity index (χ0v) is 13.9. The molecule has 0 saturated carbocycles. The normalized spacial score (nSPS) is 10.2. The Labute approximate surface area is 137 Å². The van der Waals surface area contributed by atoms with Gasteiger partial charge in [0, 0.05) is 31.5 Å². The van der Waals surface area contributed by atoms with Crippen molar-refractivity contribution in [1.82, 2.24) is 4.90 Å². The second-order valence-corrected chi connectivity index (χ2v) is 5.23. The maximum Gasteiger partial charge on any atom is 0.307 e. The molecule has 1 rings (SSSR count). The van der Waals surface area contributed by atoms with Crippen molar-refractivity contribution in [3.05, 3.63) is 35.9 Å². The van der Waals surface area contributed by atoms with Gasteiger partial charge in [-0.3, -0.25) is 14.4 Å². The van der Waals surface area contributed by atoms with E-state index in [1.807, 2.05) is 13.0 Å². The number of hydrogen-bond donors (Lipinski definition) is 0. The molecule has 23 heavy (non-hydrogen) atoms. The summed E-state index contributed by atoms with van der Waals surface area (Å²) in [5.74, 6) is -0.442. The number of ether oxygens (including phenoxy) is 1. The largest absolute Gasteiger partial charge is 0.466 e. The Kier molecular flexibility index (Phi) is 8.65. The lowest BCUT2D eigenvalue weighted by atomic mass is 10.1. The summed E-state index contributed by atoms with van der Waals surface area (Å²) >= 11 is 0. The molecule has 0 aromatic heterocycles. The van der Waals surface area contributed by atoms with E-state index in [1.165, 1.54) is 0 Å². The number of carbonyl (C=O) groups is 3. The zero-order chi connectivity index (χ0) is 17.1. The van der Waals surface area contributed by atoms with Crippen molar-refractivity contribution < 1.29 is 19.1 Å². The lowest BCUT2D eigenvalue weighted by Crippen LogP contribution is -2.34. The van der Waals surface area contributed by atoms with E-state index in [4.69, 9.17) is 4.74 Å². The molecule has 0 atom stereocenters. The SMILES string of the molecule is CCCN(CCC(=O)OCC)C(=O)CCC(=O)c1ccccc1. The quantitative estimate of drug-likeness (QED) is 0.491. The van der Waals surface area contributed by atoms with Crippen LogP contribution in [-0.4, -0.2) is 42.3 Å². The standard InChI is InChI=1S/C18H25NO4/c1-3-13-19(14-12-18(22)23-4-2)17(21)11-10-16(20)15-8-6-5-7-9-15/h5-9H,3-4,10-14H2,1-2H3. The molecule has 0 bridgehead atoms. The number of ketones is 1. The summed E-state index contributed by atoms with van der Waals surface area (Å²) in [6.45, 7) is 4.98. The molecule has 0 unspecified atom stereocenters. The van der Waals surface area contributed by atoms with Gasteiger partial charge < -0.3 is 9.64 Å². The van der Waals surface area contributed by atoms with Crippen LogP contribution in [0.1, 0.15) is 49.9 Å². The van der Waals surface area contributed by atoms with Crippen LogP contribution in [-0.2, 0) is 14.3 Å². The first-order chi connectivity index (χ1) is 11.1. The molecular weight excluding hydrogens is 294 g/mol. The van der Waals surface area contributed by atoms with Gasteiger partial charge in [-0.15, -0.1) is 0 Å². The first kappa shape index (κ1) is 18.9. The number of esters is 1. The molecule has 0 radical (unpaired) electrons. The van der Waals surface area contributed by atoms with Gasteiger partial charge in [0.05, 0.1) is 13.0 Å². The average Bonchev–Trinajstić information content (AvgIpc) is 2.57. The van der Waals surface area contributed by atoms with E-state index in [2.05, 4.69) is 0 Å². The van der Waals surface area contributed by atoms with Crippen LogP contribution in [0.25, 0.3) is 0 Å². The van der Waals surface area contributed by atoms with Crippen LogP contribution in [0.3, 0.4) is 0 Å². The Morgan fingerprint density at radius 1 is 0.957 bits per heavy atom. The fraction of sp³-hybridized carbons (Fsp3) is 0.500. The lowest BCUT2D eigenvalue weighted by molar-refractivity contribution is -0.144. The highest BCUT2D eigenvalue weighted by atomic mass is 16.5. The van der Waals surface area contributed by atoms with Gasteiger partial charge in [0.1, 0.15) is 0 Å².